The summed E-state index contributed by atoms with van der Waals surface area (Å²) in [6.07, 6.45) is 5.22. The Morgan fingerprint density at radius 2 is 1.41 bits per heavy atom. The zero-order chi connectivity index (χ0) is 41.4. The van der Waals surface area contributed by atoms with Crippen molar-refractivity contribution in [2.45, 2.75) is 70.1 Å². The lowest BCUT2D eigenvalue weighted by Gasteiger charge is -2.30. The Bertz CT molecular complexity index is 2450. The van der Waals surface area contributed by atoms with Gasteiger partial charge in [-0.25, -0.2) is 19.6 Å². The minimum Gasteiger partial charge on any atom is -0.453 e. The number of aromatic nitrogens is 4. The molecule has 15 nitrogen and oxygen atoms in total. The minimum atomic E-state index is -0.788. The molecule has 0 bridgehead atoms. The Kier molecular flexibility index (Phi) is 10.6. The highest BCUT2D eigenvalue weighted by Crippen LogP contribution is 2.45. The molecule has 3 aliphatic heterocycles. The maximum Gasteiger partial charge on any atom is 0.407 e. The lowest BCUT2D eigenvalue weighted by atomic mass is 9.98. The van der Waals surface area contributed by atoms with Crippen LogP contribution in [0.3, 0.4) is 0 Å². The lowest BCUT2D eigenvalue weighted by molar-refractivity contribution is -0.135. The van der Waals surface area contributed by atoms with E-state index in [1.807, 2.05) is 62.4 Å². The first kappa shape index (κ1) is 38.9. The van der Waals surface area contributed by atoms with E-state index in [1.165, 1.54) is 14.2 Å². The van der Waals surface area contributed by atoms with E-state index in [-0.39, 0.29) is 23.8 Å². The van der Waals surface area contributed by atoms with Gasteiger partial charge >= 0.3 is 12.2 Å². The van der Waals surface area contributed by atoms with E-state index in [4.69, 9.17) is 14.5 Å². The fourth-order valence-corrected chi connectivity index (χ4v) is 8.53. The maximum atomic E-state index is 14.0. The number of methoxy groups -OCH3 is 2. The third kappa shape index (κ3) is 7.49. The van der Waals surface area contributed by atoms with Gasteiger partial charge in [-0.15, -0.1) is 0 Å². The number of carbonyl (C=O) groups is 4. The van der Waals surface area contributed by atoms with Crippen LogP contribution in [0.15, 0.2) is 73.1 Å². The highest BCUT2D eigenvalue weighted by Gasteiger charge is 2.43. The number of aryl methyl sites for hydroxylation is 1. The van der Waals surface area contributed by atoms with Gasteiger partial charge in [0.15, 0.2) is 0 Å². The molecule has 0 aliphatic carbocycles. The van der Waals surface area contributed by atoms with Crippen LogP contribution in [-0.2, 0) is 31.9 Å². The predicted molar refractivity (Wildman–Crippen MR) is 218 cm³/mol. The van der Waals surface area contributed by atoms with Crippen molar-refractivity contribution in [2.75, 3.05) is 25.7 Å². The number of carbonyl (C=O) groups excluding carboxylic acids is 4. The summed E-state index contributed by atoms with van der Waals surface area (Å²) in [7, 11) is 2.55. The van der Waals surface area contributed by atoms with Gasteiger partial charge < -0.3 is 35.0 Å². The standard InChI is InChI=1S/C44H45N9O6/c1-24(2)37(51-44(57)59-4)42(55)52-17-5-6-35(52)39-46-22-33(48-39)28-11-7-26(8-12-28)27-9-13-29(14-10-27)34-23-47-40(49-34)36-20-31-19-25(21-45)18-30-15-16-32(50-43(56)58-3)41(54)53(36)38(30)31/h7-14,18-19,22-24,32,35-37H,5-6,15-17,20H2,1-4H3,(H,46,48)(H,47,49)(H,50,56)(H,51,57)/t32-,35+,36-,37+/m0/s1. The number of anilines is 1. The summed E-state index contributed by atoms with van der Waals surface area (Å²) in [6.45, 7) is 4.37. The normalized spacial score (nSPS) is 18.8. The molecule has 0 spiro atoms. The summed E-state index contributed by atoms with van der Waals surface area (Å²) in [6, 6.07) is 20.1. The number of benzene rings is 3. The molecule has 4 amide bonds. The molecule has 1 saturated heterocycles. The Labute approximate surface area is 341 Å². The molecule has 4 N–H and O–H groups in total. The van der Waals surface area contributed by atoms with Gasteiger partial charge in [0, 0.05) is 13.0 Å². The van der Waals surface area contributed by atoms with Gasteiger partial charge in [-0.3, -0.25) is 14.5 Å². The number of aromatic amines is 2. The molecule has 0 saturated carbocycles. The molecule has 2 aromatic heterocycles. The van der Waals surface area contributed by atoms with Crippen molar-refractivity contribution in [3.63, 3.8) is 0 Å². The molecule has 15 heteroatoms. The van der Waals surface area contributed by atoms with Crippen LogP contribution in [0.5, 0.6) is 0 Å². The van der Waals surface area contributed by atoms with Crippen molar-refractivity contribution in [2.24, 2.45) is 5.92 Å². The second kappa shape index (κ2) is 16.1. The number of hydrogen-bond donors (Lipinski definition) is 4. The Morgan fingerprint density at radius 3 is 1.98 bits per heavy atom. The molecule has 5 heterocycles. The Balaban J connectivity index is 0.964. The third-order valence-electron chi connectivity index (χ3n) is 11.6. The van der Waals surface area contributed by atoms with E-state index >= 15 is 0 Å². The van der Waals surface area contributed by atoms with Crippen LogP contribution >= 0.6 is 0 Å². The Morgan fingerprint density at radius 1 is 0.831 bits per heavy atom. The number of H-pyrrole nitrogens is 2. The van der Waals surface area contributed by atoms with Crippen LogP contribution in [0.1, 0.15) is 73.5 Å². The predicted octanol–water partition coefficient (Wildman–Crippen LogP) is 6.35. The highest BCUT2D eigenvalue weighted by molar-refractivity contribution is 6.02. The molecule has 1 fully saturated rings. The quantitative estimate of drug-likeness (QED) is 0.131. The average molecular weight is 796 g/mol. The lowest BCUT2D eigenvalue weighted by Crippen LogP contribution is -2.51. The van der Waals surface area contributed by atoms with Crippen molar-refractivity contribution in [3.05, 3.63) is 101 Å². The van der Waals surface area contributed by atoms with E-state index < -0.39 is 30.3 Å². The first-order valence-electron chi connectivity index (χ1n) is 19.8. The van der Waals surface area contributed by atoms with Crippen molar-refractivity contribution >= 4 is 29.7 Å². The monoisotopic (exact) mass is 795 g/mol. The van der Waals surface area contributed by atoms with Crippen LogP contribution in [0, 0.1) is 17.2 Å². The van der Waals surface area contributed by atoms with E-state index in [2.05, 4.69) is 43.8 Å². The third-order valence-corrected chi connectivity index (χ3v) is 11.6. The van der Waals surface area contributed by atoms with Gasteiger partial charge in [-0.05, 0) is 77.1 Å². The number of imidazole rings is 2. The summed E-state index contributed by atoms with van der Waals surface area (Å²) in [5.41, 5.74) is 8.67. The average Bonchev–Trinajstić information content (AvgIpc) is 4.09. The fourth-order valence-electron chi connectivity index (χ4n) is 8.53. The Hall–Kier alpha value is -6.95. The number of nitriles is 1. The van der Waals surface area contributed by atoms with Crippen LogP contribution in [-0.4, -0.2) is 81.7 Å². The summed E-state index contributed by atoms with van der Waals surface area (Å²) in [5.74, 6) is 0.803. The van der Waals surface area contributed by atoms with Crippen LogP contribution in [0.25, 0.3) is 33.6 Å². The largest absolute Gasteiger partial charge is 0.453 e. The first-order valence-corrected chi connectivity index (χ1v) is 19.8. The van der Waals surface area contributed by atoms with E-state index in [0.717, 1.165) is 63.3 Å². The molecular formula is C44H45N9O6. The smallest absolute Gasteiger partial charge is 0.407 e. The van der Waals surface area contributed by atoms with Crippen molar-refractivity contribution in [1.82, 2.24) is 35.5 Å². The molecule has 0 radical (unpaired) electrons. The number of nitrogens with one attached hydrogen (secondary N) is 4. The van der Waals surface area contributed by atoms with Gasteiger partial charge in [0.05, 0.1) is 67.4 Å². The molecule has 59 heavy (non-hydrogen) atoms. The van der Waals surface area contributed by atoms with E-state index in [0.29, 0.717) is 43.0 Å². The SMILES string of the molecule is COC(=O)N[C@H]1CCc2cc(C#N)cc3c2N(C1=O)[C@H](c1ncc(-c2ccc(-c4ccc(-c5cnc([C@H]6CCCN6C(=O)[C@H](NC(=O)OC)C(C)C)[nH]5)cc4)cc2)[nH]1)C3. The maximum absolute atomic E-state index is 14.0. The zero-order valence-electron chi connectivity index (χ0n) is 33.2. The molecule has 5 aromatic rings. The van der Waals surface area contributed by atoms with E-state index in [1.54, 1.807) is 22.2 Å². The van der Waals surface area contributed by atoms with Crippen molar-refractivity contribution in [3.8, 4) is 39.7 Å². The fraction of sp³-hybridized carbons (Fsp3) is 0.341. The molecule has 4 atom stereocenters. The van der Waals surface area contributed by atoms with Crippen molar-refractivity contribution in [1.29, 1.82) is 5.26 Å². The second-order valence-corrected chi connectivity index (χ2v) is 15.5. The minimum absolute atomic E-state index is 0.116. The van der Waals surface area contributed by atoms with Crippen molar-refractivity contribution < 1.29 is 28.7 Å². The first-order chi connectivity index (χ1) is 28.6. The molecule has 3 aliphatic rings. The highest BCUT2D eigenvalue weighted by atomic mass is 16.5. The number of ether oxygens (including phenoxy) is 2. The number of hydrogen-bond acceptors (Lipinski definition) is 9. The van der Waals surface area contributed by atoms with Crippen LogP contribution in [0.2, 0.25) is 0 Å². The van der Waals surface area contributed by atoms with Gasteiger partial charge in [-0.1, -0.05) is 62.4 Å². The number of likely N-dealkylation sites (tertiary alicyclic amines) is 1. The van der Waals surface area contributed by atoms with Gasteiger partial charge in [-0.2, -0.15) is 5.26 Å². The number of amides is 4. The van der Waals surface area contributed by atoms with Gasteiger partial charge in [0.2, 0.25) is 11.8 Å². The zero-order valence-corrected chi connectivity index (χ0v) is 33.2. The molecule has 302 valence electrons. The molecular weight excluding hydrogens is 751 g/mol. The number of nitrogens with zero attached hydrogens (tertiary/aromatic N) is 5. The van der Waals surface area contributed by atoms with Crippen LogP contribution < -0.4 is 15.5 Å². The molecule has 8 rings (SSSR count). The second-order valence-electron chi connectivity index (χ2n) is 15.5. The van der Waals surface area contributed by atoms with Gasteiger partial charge in [0.1, 0.15) is 23.7 Å². The molecule has 0 unspecified atom stereocenters. The van der Waals surface area contributed by atoms with Gasteiger partial charge in [0.25, 0.3) is 0 Å². The van der Waals surface area contributed by atoms with Crippen LogP contribution in [0.4, 0.5) is 15.3 Å². The number of alkyl carbamates (subject to hydrolysis) is 2. The topological polar surface area (TPSA) is 198 Å². The summed E-state index contributed by atoms with van der Waals surface area (Å²) < 4.78 is 9.56. The summed E-state index contributed by atoms with van der Waals surface area (Å²) in [4.78, 5) is 71.5. The number of rotatable bonds is 9. The van der Waals surface area contributed by atoms with E-state index in [9.17, 15) is 24.4 Å². The summed E-state index contributed by atoms with van der Waals surface area (Å²) >= 11 is 0. The summed E-state index contributed by atoms with van der Waals surface area (Å²) in [5, 5.41) is 15.1. The molecule has 3 aromatic carbocycles.